The molecule has 0 aliphatic carbocycles. The van der Waals surface area contributed by atoms with Crippen LogP contribution in [0.4, 0.5) is 5.69 Å². The Balaban J connectivity index is 1.45. The molecule has 1 amide bonds. The fourth-order valence-corrected chi connectivity index (χ4v) is 3.39. The van der Waals surface area contributed by atoms with E-state index in [1.165, 1.54) is 5.69 Å². The Hall–Kier alpha value is -2.24. The Morgan fingerprint density at radius 3 is 2.29 bits per heavy atom. The third-order valence-corrected chi connectivity index (χ3v) is 5.67. The Morgan fingerprint density at radius 1 is 1.07 bits per heavy atom. The van der Waals surface area contributed by atoms with Crippen molar-refractivity contribution in [2.75, 3.05) is 44.7 Å². The van der Waals surface area contributed by atoms with Crippen LogP contribution in [0.15, 0.2) is 36.4 Å². The lowest BCUT2D eigenvalue weighted by molar-refractivity contribution is -0.123. The SMILES string of the molecule is Cc1cc(OCC(=O)NCc2ccc(N3CCN(C)CC3)cc2)cc(C)c1Cl. The van der Waals surface area contributed by atoms with Crippen LogP contribution >= 0.6 is 11.6 Å². The number of hydrogen-bond acceptors (Lipinski definition) is 4. The number of nitrogens with zero attached hydrogens (tertiary/aromatic N) is 2. The number of halogens is 1. The molecule has 1 N–H and O–H groups in total. The van der Waals surface area contributed by atoms with E-state index >= 15 is 0 Å². The van der Waals surface area contributed by atoms with Gasteiger partial charge in [-0.25, -0.2) is 0 Å². The average molecular weight is 402 g/mol. The van der Waals surface area contributed by atoms with E-state index in [4.69, 9.17) is 16.3 Å². The summed E-state index contributed by atoms with van der Waals surface area (Å²) >= 11 is 6.16. The summed E-state index contributed by atoms with van der Waals surface area (Å²) in [4.78, 5) is 16.8. The van der Waals surface area contributed by atoms with Crippen molar-refractivity contribution < 1.29 is 9.53 Å². The molecule has 1 aliphatic rings. The lowest BCUT2D eigenvalue weighted by atomic mass is 10.1. The molecule has 2 aromatic carbocycles. The van der Waals surface area contributed by atoms with Crippen molar-refractivity contribution in [2.24, 2.45) is 0 Å². The molecule has 1 aliphatic heterocycles. The van der Waals surface area contributed by atoms with Gasteiger partial charge in [-0.2, -0.15) is 0 Å². The van der Waals surface area contributed by atoms with Gasteiger partial charge in [0.2, 0.25) is 0 Å². The van der Waals surface area contributed by atoms with Crippen LogP contribution in [0.2, 0.25) is 5.02 Å². The summed E-state index contributed by atoms with van der Waals surface area (Å²) in [7, 11) is 2.15. The summed E-state index contributed by atoms with van der Waals surface area (Å²) in [5, 5.41) is 3.64. The first kappa shape index (κ1) is 20.5. The standard InChI is InChI=1S/C22H28ClN3O2/c1-16-12-20(13-17(2)22(16)23)28-15-21(27)24-14-18-4-6-19(7-5-18)26-10-8-25(3)9-11-26/h4-7,12-13H,8-11,14-15H2,1-3H3,(H,24,27). The van der Waals surface area contributed by atoms with Gasteiger partial charge >= 0.3 is 0 Å². The van der Waals surface area contributed by atoms with Crippen molar-refractivity contribution in [3.63, 3.8) is 0 Å². The zero-order valence-electron chi connectivity index (χ0n) is 16.8. The second-order valence-corrected chi connectivity index (χ2v) is 7.77. The van der Waals surface area contributed by atoms with Gasteiger partial charge in [0.1, 0.15) is 5.75 Å². The number of anilines is 1. The lowest BCUT2D eigenvalue weighted by Gasteiger charge is -2.34. The van der Waals surface area contributed by atoms with Crippen LogP contribution < -0.4 is 15.0 Å². The first-order valence-corrected chi connectivity index (χ1v) is 9.99. The highest BCUT2D eigenvalue weighted by Gasteiger charge is 2.14. The molecule has 150 valence electrons. The molecule has 0 unspecified atom stereocenters. The van der Waals surface area contributed by atoms with Crippen LogP contribution in [-0.2, 0) is 11.3 Å². The zero-order valence-corrected chi connectivity index (χ0v) is 17.6. The maximum absolute atomic E-state index is 12.1. The highest BCUT2D eigenvalue weighted by atomic mass is 35.5. The molecular formula is C22H28ClN3O2. The van der Waals surface area contributed by atoms with Crippen molar-refractivity contribution in [1.82, 2.24) is 10.2 Å². The van der Waals surface area contributed by atoms with E-state index in [9.17, 15) is 4.79 Å². The van der Waals surface area contributed by atoms with Crippen LogP contribution in [0.1, 0.15) is 16.7 Å². The van der Waals surface area contributed by atoms with Crippen LogP contribution in [0.25, 0.3) is 0 Å². The number of benzene rings is 2. The molecule has 1 saturated heterocycles. The number of piperazine rings is 1. The van der Waals surface area contributed by atoms with E-state index in [1.54, 1.807) is 0 Å². The summed E-state index contributed by atoms with van der Waals surface area (Å²) in [6.07, 6.45) is 0. The molecule has 0 aromatic heterocycles. The van der Waals surface area contributed by atoms with Gasteiger partial charge in [0.25, 0.3) is 5.91 Å². The van der Waals surface area contributed by atoms with Gasteiger partial charge in [-0.3, -0.25) is 4.79 Å². The molecule has 1 heterocycles. The summed E-state index contributed by atoms with van der Waals surface area (Å²) in [5.41, 5.74) is 4.19. The first-order chi connectivity index (χ1) is 13.4. The number of hydrogen-bond donors (Lipinski definition) is 1. The van der Waals surface area contributed by atoms with Crippen LogP contribution in [0, 0.1) is 13.8 Å². The number of carbonyl (C=O) groups is 1. The van der Waals surface area contributed by atoms with E-state index in [0.717, 1.165) is 47.9 Å². The van der Waals surface area contributed by atoms with Crippen molar-refractivity contribution >= 4 is 23.2 Å². The molecule has 6 heteroatoms. The molecular weight excluding hydrogens is 374 g/mol. The highest BCUT2D eigenvalue weighted by molar-refractivity contribution is 6.32. The normalized spacial score (nSPS) is 14.8. The minimum absolute atomic E-state index is 0.0140. The minimum atomic E-state index is -0.145. The van der Waals surface area contributed by atoms with Crippen molar-refractivity contribution in [1.29, 1.82) is 0 Å². The number of carbonyl (C=O) groups excluding carboxylic acids is 1. The summed E-state index contributed by atoms with van der Waals surface area (Å²) in [6.45, 7) is 8.60. The lowest BCUT2D eigenvalue weighted by Crippen LogP contribution is -2.44. The smallest absolute Gasteiger partial charge is 0.258 e. The van der Waals surface area contributed by atoms with E-state index < -0.39 is 0 Å². The molecule has 5 nitrogen and oxygen atoms in total. The van der Waals surface area contributed by atoms with Gasteiger partial charge in [-0.05, 0) is 61.9 Å². The Labute approximate surface area is 172 Å². The molecule has 0 saturated carbocycles. The maximum atomic E-state index is 12.1. The van der Waals surface area contributed by atoms with Crippen LogP contribution in [0.5, 0.6) is 5.75 Å². The topological polar surface area (TPSA) is 44.8 Å². The van der Waals surface area contributed by atoms with Gasteiger partial charge in [-0.1, -0.05) is 23.7 Å². The molecule has 1 fully saturated rings. The zero-order chi connectivity index (χ0) is 20.1. The fourth-order valence-electron chi connectivity index (χ4n) is 3.28. The number of aryl methyl sites for hydroxylation is 2. The molecule has 3 rings (SSSR count). The van der Waals surface area contributed by atoms with Crippen molar-refractivity contribution in [3.8, 4) is 5.75 Å². The van der Waals surface area contributed by atoms with Gasteiger partial charge in [0.15, 0.2) is 6.61 Å². The number of ether oxygens (including phenoxy) is 1. The predicted molar refractivity (Wildman–Crippen MR) is 114 cm³/mol. The number of likely N-dealkylation sites (N-methyl/N-ethyl adjacent to an activating group) is 1. The van der Waals surface area contributed by atoms with Crippen molar-refractivity contribution in [2.45, 2.75) is 20.4 Å². The van der Waals surface area contributed by atoms with Gasteiger partial charge in [0.05, 0.1) is 0 Å². The molecule has 28 heavy (non-hydrogen) atoms. The van der Waals surface area contributed by atoms with E-state index in [1.807, 2.05) is 26.0 Å². The van der Waals surface area contributed by atoms with E-state index in [0.29, 0.717) is 12.3 Å². The molecule has 0 spiro atoms. The molecule has 2 aromatic rings. The average Bonchev–Trinajstić information content (AvgIpc) is 2.70. The van der Waals surface area contributed by atoms with Crippen LogP contribution in [0.3, 0.4) is 0 Å². The minimum Gasteiger partial charge on any atom is -0.484 e. The van der Waals surface area contributed by atoms with Gasteiger partial charge < -0.3 is 19.9 Å². The Bertz CT molecular complexity index is 792. The Kier molecular flexibility index (Phi) is 6.81. The third kappa shape index (κ3) is 5.40. The maximum Gasteiger partial charge on any atom is 0.258 e. The molecule has 0 atom stereocenters. The highest BCUT2D eigenvalue weighted by Crippen LogP contribution is 2.25. The van der Waals surface area contributed by atoms with Crippen LogP contribution in [-0.4, -0.2) is 50.6 Å². The second kappa shape index (κ2) is 9.30. The van der Waals surface area contributed by atoms with Gasteiger partial charge in [0, 0.05) is 43.4 Å². The molecule has 0 bridgehead atoms. The first-order valence-electron chi connectivity index (χ1n) is 9.61. The van der Waals surface area contributed by atoms with Gasteiger partial charge in [-0.15, -0.1) is 0 Å². The summed E-state index contributed by atoms with van der Waals surface area (Å²) in [5.74, 6) is 0.513. The number of rotatable bonds is 6. The second-order valence-electron chi connectivity index (χ2n) is 7.39. The summed E-state index contributed by atoms with van der Waals surface area (Å²) in [6, 6.07) is 12.1. The monoisotopic (exact) mass is 401 g/mol. The quantitative estimate of drug-likeness (QED) is 0.805. The molecule has 0 radical (unpaired) electrons. The fraction of sp³-hybridized carbons (Fsp3) is 0.409. The largest absolute Gasteiger partial charge is 0.484 e. The van der Waals surface area contributed by atoms with Crippen molar-refractivity contribution in [3.05, 3.63) is 58.1 Å². The number of amides is 1. The predicted octanol–water partition coefficient (Wildman–Crippen LogP) is 3.40. The number of nitrogens with one attached hydrogen (secondary N) is 1. The van der Waals surface area contributed by atoms with E-state index in [2.05, 4.69) is 46.4 Å². The summed E-state index contributed by atoms with van der Waals surface area (Å²) < 4.78 is 5.60. The van der Waals surface area contributed by atoms with E-state index in [-0.39, 0.29) is 12.5 Å². The third-order valence-electron chi connectivity index (χ3n) is 5.07. The Morgan fingerprint density at radius 2 is 1.68 bits per heavy atom.